The molecule has 1 aromatic carbocycles. The SMILES string of the molecule is CNC(c1ccn(C)n1)c1cnnn1-c1ccccc1. The first-order valence-electron chi connectivity index (χ1n) is 6.42. The molecule has 0 aliphatic rings. The van der Waals surface area contributed by atoms with Gasteiger partial charge in [0.2, 0.25) is 0 Å². The monoisotopic (exact) mass is 268 g/mol. The number of hydrogen-bond donors (Lipinski definition) is 1. The first kappa shape index (κ1) is 12.6. The summed E-state index contributed by atoms with van der Waals surface area (Å²) in [6.45, 7) is 0. The Morgan fingerprint density at radius 1 is 1.15 bits per heavy atom. The van der Waals surface area contributed by atoms with E-state index in [0.29, 0.717) is 0 Å². The Labute approximate surface area is 117 Å². The van der Waals surface area contributed by atoms with Gasteiger partial charge >= 0.3 is 0 Å². The van der Waals surface area contributed by atoms with Crippen molar-refractivity contribution in [3.05, 3.63) is 60.2 Å². The van der Waals surface area contributed by atoms with Crippen molar-refractivity contribution >= 4 is 0 Å². The molecule has 0 amide bonds. The Kier molecular flexibility index (Phi) is 3.30. The third kappa shape index (κ3) is 2.21. The van der Waals surface area contributed by atoms with Gasteiger partial charge in [-0.3, -0.25) is 4.68 Å². The molecule has 0 aliphatic heterocycles. The van der Waals surface area contributed by atoms with E-state index >= 15 is 0 Å². The average molecular weight is 268 g/mol. The largest absolute Gasteiger partial charge is 0.307 e. The molecule has 0 fully saturated rings. The molecule has 20 heavy (non-hydrogen) atoms. The number of aryl methyl sites for hydroxylation is 1. The first-order valence-corrected chi connectivity index (χ1v) is 6.42. The second-order valence-corrected chi connectivity index (χ2v) is 4.54. The highest BCUT2D eigenvalue weighted by molar-refractivity contribution is 5.33. The van der Waals surface area contributed by atoms with E-state index < -0.39 is 0 Å². The summed E-state index contributed by atoms with van der Waals surface area (Å²) in [7, 11) is 3.81. The highest BCUT2D eigenvalue weighted by Gasteiger charge is 2.20. The predicted molar refractivity (Wildman–Crippen MR) is 75.5 cm³/mol. The summed E-state index contributed by atoms with van der Waals surface area (Å²) in [5.74, 6) is 0. The minimum Gasteiger partial charge on any atom is -0.307 e. The van der Waals surface area contributed by atoms with Crippen LogP contribution in [0.2, 0.25) is 0 Å². The number of nitrogens with zero attached hydrogens (tertiary/aromatic N) is 5. The smallest absolute Gasteiger partial charge is 0.0959 e. The van der Waals surface area contributed by atoms with E-state index in [1.807, 2.05) is 61.4 Å². The quantitative estimate of drug-likeness (QED) is 0.775. The van der Waals surface area contributed by atoms with Crippen molar-refractivity contribution in [1.29, 1.82) is 0 Å². The Morgan fingerprint density at radius 3 is 2.60 bits per heavy atom. The third-order valence-corrected chi connectivity index (χ3v) is 3.19. The normalized spacial score (nSPS) is 12.5. The summed E-state index contributed by atoms with van der Waals surface area (Å²) in [5.41, 5.74) is 2.88. The molecule has 0 saturated heterocycles. The standard InChI is InChI=1S/C14H16N6/c1-15-14(12-8-9-19(2)17-12)13-10-16-18-20(13)11-6-4-3-5-7-11/h3-10,14-15H,1-2H3. The zero-order valence-corrected chi connectivity index (χ0v) is 11.4. The van der Waals surface area contributed by atoms with E-state index in [9.17, 15) is 0 Å². The van der Waals surface area contributed by atoms with Crippen molar-refractivity contribution in [2.45, 2.75) is 6.04 Å². The number of para-hydroxylation sites is 1. The molecule has 0 bridgehead atoms. The zero-order chi connectivity index (χ0) is 13.9. The molecule has 0 aliphatic carbocycles. The molecule has 1 atom stereocenters. The predicted octanol–water partition coefficient (Wildman–Crippen LogP) is 1.31. The Hall–Kier alpha value is -2.47. The van der Waals surface area contributed by atoms with Crippen LogP contribution in [0.4, 0.5) is 0 Å². The van der Waals surface area contributed by atoms with Gasteiger partial charge < -0.3 is 5.32 Å². The number of rotatable bonds is 4. The van der Waals surface area contributed by atoms with E-state index in [-0.39, 0.29) is 6.04 Å². The van der Waals surface area contributed by atoms with Crippen molar-refractivity contribution in [2.24, 2.45) is 7.05 Å². The molecule has 0 radical (unpaired) electrons. The van der Waals surface area contributed by atoms with Crippen molar-refractivity contribution in [1.82, 2.24) is 30.1 Å². The highest BCUT2D eigenvalue weighted by Crippen LogP contribution is 2.21. The molecule has 6 nitrogen and oxygen atoms in total. The number of benzene rings is 1. The maximum Gasteiger partial charge on any atom is 0.0959 e. The van der Waals surface area contributed by atoms with Gasteiger partial charge in [0.15, 0.2) is 0 Å². The van der Waals surface area contributed by atoms with Crippen LogP contribution in [-0.2, 0) is 7.05 Å². The highest BCUT2D eigenvalue weighted by atomic mass is 15.4. The second kappa shape index (κ2) is 5.26. The molecule has 6 heteroatoms. The van der Waals surface area contributed by atoms with Gasteiger partial charge in [0.05, 0.1) is 29.3 Å². The van der Waals surface area contributed by atoms with Crippen LogP contribution in [0.3, 0.4) is 0 Å². The van der Waals surface area contributed by atoms with Crippen LogP contribution in [0.1, 0.15) is 17.4 Å². The first-order chi connectivity index (χ1) is 9.79. The summed E-state index contributed by atoms with van der Waals surface area (Å²) in [6, 6.07) is 11.9. The molecular weight excluding hydrogens is 252 g/mol. The molecule has 1 unspecified atom stereocenters. The lowest BCUT2D eigenvalue weighted by Gasteiger charge is -2.15. The van der Waals surface area contributed by atoms with E-state index in [1.165, 1.54) is 0 Å². The lowest BCUT2D eigenvalue weighted by Crippen LogP contribution is -2.21. The van der Waals surface area contributed by atoms with Crippen LogP contribution in [0.25, 0.3) is 5.69 Å². The van der Waals surface area contributed by atoms with E-state index in [4.69, 9.17) is 0 Å². The fourth-order valence-electron chi connectivity index (χ4n) is 2.24. The summed E-state index contributed by atoms with van der Waals surface area (Å²) >= 11 is 0. The lowest BCUT2D eigenvalue weighted by molar-refractivity contribution is 0.603. The van der Waals surface area contributed by atoms with Crippen LogP contribution < -0.4 is 5.32 Å². The van der Waals surface area contributed by atoms with Crippen molar-refractivity contribution in [2.75, 3.05) is 7.05 Å². The maximum absolute atomic E-state index is 4.46. The van der Waals surface area contributed by atoms with Gasteiger partial charge in [-0.25, -0.2) is 4.68 Å². The van der Waals surface area contributed by atoms with Gasteiger partial charge in [-0.05, 0) is 25.2 Å². The minimum absolute atomic E-state index is 0.0496. The average Bonchev–Trinajstić information content (AvgIpc) is 3.11. The van der Waals surface area contributed by atoms with Gasteiger partial charge in [0.25, 0.3) is 0 Å². The van der Waals surface area contributed by atoms with Crippen LogP contribution >= 0.6 is 0 Å². The van der Waals surface area contributed by atoms with Crippen molar-refractivity contribution < 1.29 is 0 Å². The van der Waals surface area contributed by atoms with Crippen LogP contribution in [-0.4, -0.2) is 31.8 Å². The summed E-state index contributed by atoms with van der Waals surface area (Å²) < 4.78 is 3.62. The van der Waals surface area contributed by atoms with Gasteiger partial charge in [-0.15, -0.1) is 5.10 Å². The molecule has 2 heterocycles. The maximum atomic E-state index is 4.46. The minimum atomic E-state index is -0.0496. The van der Waals surface area contributed by atoms with Crippen LogP contribution in [0.15, 0.2) is 48.8 Å². The molecule has 3 rings (SSSR count). The molecule has 102 valence electrons. The lowest BCUT2D eigenvalue weighted by atomic mass is 10.1. The molecule has 0 saturated carbocycles. The molecular formula is C14H16N6. The Balaban J connectivity index is 2.04. The van der Waals surface area contributed by atoms with Gasteiger partial charge in [0, 0.05) is 13.2 Å². The summed E-state index contributed by atoms with van der Waals surface area (Å²) in [4.78, 5) is 0. The fraction of sp³-hybridized carbons (Fsp3) is 0.214. The number of aromatic nitrogens is 5. The molecule has 2 aromatic heterocycles. The van der Waals surface area contributed by atoms with E-state index in [0.717, 1.165) is 17.1 Å². The van der Waals surface area contributed by atoms with Gasteiger partial charge in [-0.2, -0.15) is 5.10 Å². The summed E-state index contributed by atoms with van der Waals surface area (Å²) in [6.07, 6.45) is 3.69. The van der Waals surface area contributed by atoms with Crippen LogP contribution in [0, 0.1) is 0 Å². The van der Waals surface area contributed by atoms with Crippen molar-refractivity contribution in [3.63, 3.8) is 0 Å². The van der Waals surface area contributed by atoms with Crippen molar-refractivity contribution in [3.8, 4) is 5.69 Å². The fourth-order valence-corrected chi connectivity index (χ4v) is 2.24. The molecule has 0 spiro atoms. The Bertz CT molecular complexity index is 685. The second-order valence-electron chi connectivity index (χ2n) is 4.54. The third-order valence-electron chi connectivity index (χ3n) is 3.19. The molecule has 3 aromatic rings. The topological polar surface area (TPSA) is 60.6 Å². The number of nitrogens with one attached hydrogen (secondary N) is 1. The Morgan fingerprint density at radius 2 is 1.95 bits per heavy atom. The number of hydrogen-bond acceptors (Lipinski definition) is 4. The summed E-state index contributed by atoms with van der Waals surface area (Å²) in [5, 5.41) is 15.9. The van der Waals surface area contributed by atoms with Gasteiger partial charge in [-0.1, -0.05) is 23.4 Å². The van der Waals surface area contributed by atoms with E-state index in [2.05, 4.69) is 20.7 Å². The molecule has 1 N–H and O–H groups in total. The van der Waals surface area contributed by atoms with Gasteiger partial charge in [0.1, 0.15) is 0 Å². The van der Waals surface area contributed by atoms with E-state index in [1.54, 1.807) is 10.9 Å². The van der Waals surface area contributed by atoms with Crippen LogP contribution in [0.5, 0.6) is 0 Å². The zero-order valence-electron chi connectivity index (χ0n) is 11.4.